The van der Waals surface area contributed by atoms with E-state index in [0.717, 1.165) is 6.54 Å². The topological polar surface area (TPSA) is 70.3 Å². The normalized spacial score (nSPS) is 22.6. The van der Waals surface area contributed by atoms with E-state index in [1.807, 2.05) is 13.8 Å². The van der Waals surface area contributed by atoms with Gasteiger partial charge in [-0.25, -0.2) is 0 Å². The fourth-order valence-corrected chi connectivity index (χ4v) is 2.82. The highest BCUT2D eigenvalue weighted by atomic mass is 16.5. The zero-order valence-electron chi connectivity index (χ0n) is 12.5. The molecule has 112 valence electrons. The largest absolute Gasteiger partial charge is 0.478 e. The second-order valence-electron chi connectivity index (χ2n) is 5.38. The van der Waals surface area contributed by atoms with Gasteiger partial charge in [0.2, 0.25) is 11.8 Å². The third-order valence-corrected chi connectivity index (χ3v) is 3.90. The molecular weight excluding hydrogens is 254 g/mol. The summed E-state index contributed by atoms with van der Waals surface area (Å²) in [5.74, 6) is 2.97. The molecule has 0 saturated heterocycles. The molecule has 1 aromatic rings. The van der Waals surface area contributed by atoms with Crippen molar-refractivity contribution < 1.29 is 9.47 Å². The summed E-state index contributed by atoms with van der Waals surface area (Å²) < 4.78 is 11.3. The van der Waals surface area contributed by atoms with Crippen LogP contribution in [0.25, 0.3) is 0 Å². The van der Waals surface area contributed by atoms with E-state index in [1.165, 1.54) is 25.7 Å². The predicted octanol–water partition coefficient (Wildman–Crippen LogP) is 2.33. The van der Waals surface area contributed by atoms with Gasteiger partial charge in [-0.3, -0.25) is 0 Å². The number of aryl methyl sites for hydroxylation is 1. The summed E-state index contributed by atoms with van der Waals surface area (Å²) in [5.41, 5.74) is 5.85. The summed E-state index contributed by atoms with van der Waals surface area (Å²) in [6.07, 6.45) is 4.98. The summed E-state index contributed by atoms with van der Waals surface area (Å²) in [4.78, 5) is 8.52. The van der Waals surface area contributed by atoms with Crippen molar-refractivity contribution in [1.82, 2.24) is 9.97 Å². The summed E-state index contributed by atoms with van der Waals surface area (Å²) in [6, 6.07) is 1.76. The maximum atomic E-state index is 5.86. The van der Waals surface area contributed by atoms with Gasteiger partial charge in [0, 0.05) is 0 Å². The van der Waals surface area contributed by atoms with Crippen LogP contribution in [0.3, 0.4) is 0 Å². The highest BCUT2D eigenvalue weighted by Gasteiger charge is 2.24. The SMILES string of the molecule is CCOc1cc(OCC2CCCCC2CN)nc(C)n1. The van der Waals surface area contributed by atoms with E-state index in [1.54, 1.807) is 6.07 Å². The molecule has 2 unspecified atom stereocenters. The van der Waals surface area contributed by atoms with Crippen LogP contribution in [0.15, 0.2) is 6.07 Å². The minimum atomic E-state index is 0.541. The first-order valence-electron chi connectivity index (χ1n) is 7.54. The number of hydrogen-bond donors (Lipinski definition) is 1. The van der Waals surface area contributed by atoms with Crippen molar-refractivity contribution in [3.63, 3.8) is 0 Å². The number of rotatable bonds is 6. The lowest BCUT2D eigenvalue weighted by Crippen LogP contribution is -2.30. The van der Waals surface area contributed by atoms with E-state index < -0.39 is 0 Å². The van der Waals surface area contributed by atoms with Gasteiger partial charge in [-0.05, 0) is 45.1 Å². The molecule has 1 saturated carbocycles. The molecule has 0 aliphatic heterocycles. The molecule has 5 nitrogen and oxygen atoms in total. The average Bonchev–Trinajstić information content (AvgIpc) is 2.45. The number of nitrogens with zero attached hydrogens (tertiary/aromatic N) is 2. The van der Waals surface area contributed by atoms with E-state index in [4.69, 9.17) is 15.2 Å². The Morgan fingerprint density at radius 3 is 2.45 bits per heavy atom. The Labute approximate surface area is 120 Å². The molecule has 2 rings (SSSR count). The maximum Gasteiger partial charge on any atom is 0.220 e. The molecule has 1 heterocycles. The van der Waals surface area contributed by atoms with Gasteiger partial charge in [0.05, 0.1) is 19.3 Å². The third kappa shape index (κ3) is 4.07. The molecule has 0 radical (unpaired) electrons. The van der Waals surface area contributed by atoms with Gasteiger partial charge in [0.15, 0.2) is 0 Å². The van der Waals surface area contributed by atoms with Crippen molar-refractivity contribution in [1.29, 1.82) is 0 Å². The molecule has 0 amide bonds. The van der Waals surface area contributed by atoms with Crippen LogP contribution in [-0.2, 0) is 0 Å². The van der Waals surface area contributed by atoms with Gasteiger partial charge < -0.3 is 15.2 Å². The average molecular weight is 279 g/mol. The zero-order valence-corrected chi connectivity index (χ0v) is 12.5. The Kier molecular flexibility index (Phi) is 5.59. The van der Waals surface area contributed by atoms with Gasteiger partial charge in [-0.1, -0.05) is 12.8 Å². The summed E-state index contributed by atoms with van der Waals surface area (Å²) in [5, 5.41) is 0. The van der Waals surface area contributed by atoms with E-state index >= 15 is 0 Å². The molecule has 2 atom stereocenters. The molecule has 1 aromatic heterocycles. The van der Waals surface area contributed by atoms with Gasteiger partial charge in [0.25, 0.3) is 0 Å². The second-order valence-corrected chi connectivity index (χ2v) is 5.38. The van der Waals surface area contributed by atoms with Crippen molar-refractivity contribution >= 4 is 0 Å². The standard InChI is InChI=1S/C15H25N3O2/c1-3-19-14-8-15(18-11(2)17-14)20-10-13-7-5-4-6-12(13)9-16/h8,12-13H,3-7,9-10,16H2,1-2H3. The summed E-state index contributed by atoms with van der Waals surface area (Å²) >= 11 is 0. The van der Waals surface area contributed by atoms with Crippen molar-refractivity contribution in [3.05, 3.63) is 11.9 Å². The molecule has 5 heteroatoms. The highest BCUT2D eigenvalue weighted by Crippen LogP contribution is 2.30. The van der Waals surface area contributed by atoms with Gasteiger partial charge in [-0.15, -0.1) is 0 Å². The molecular formula is C15H25N3O2. The van der Waals surface area contributed by atoms with Crippen LogP contribution in [0, 0.1) is 18.8 Å². The second kappa shape index (κ2) is 7.43. The van der Waals surface area contributed by atoms with Crippen molar-refractivity contribution in [2.45, 2.75) is 39.5 Å². The van der Waals surface area contributed by atoms with Crippen LogP contribution in [0.1, 0.15) is 38.4 Å². The van der Waals surface area contributed by atoms with Gasteiger partial charge in [0.1, 0.15) is 5.82 Å². The van der Waals surface area contributed by atoms with E-state index in [0.29, 0.717) is 42.6 Å². The fraction of sp³-hybridized carbons (Fsp3) is 0.733. The van der Waals surface area contributed by atoms with Crippen LogP contribution < -0.4 is 15.2 Å². The number of hydrogen-bond acceptors (Lipinski definition) is 5. The number of aromatic nitrogens is 2. The third-order valence-electron chi connectivity index (χ3n) is 3.90. The van der Waals surface area contributed by atoms with Gasteiger partial charge >= 0.3 is 0 Å². The smallest absolute Gasteiger partial charge is 0.220 e. The Hall–Kier alpha value is -1.36. The van der Waals surface area contributed by atoms with E-state index in [2.05, 4.69) is 9.97 Å². The Morgan fingerprint density at radius 2 is 1.80 bits per heavy atom. The van der Waals surface area contributed by atoms with Crippen molar-refractivity contribution in [3.8, 4) is 11.8 Å². The number of nitrogens with two attached hydrogens (primary N) is 1. The first kappa shape index (κ1) is 15.0. The summed E-state index contributed by atoms with van der Waals surface area (Å²) in [6.45, 7) is 5.81. The molecule has 0 bridgehead atoms. The Balaban J connectivity index is 1.95. The minimum absolute atomic E-state index is 0.541. The Morgan fingerprint density at radius 1 is 1.15 bits per heavy atom. The molecule has 1 fully saturated rings. The number of ether oxygens (including phenoxy) is 2. The van der Waals surface area contributed by atoms with E-state index in [-0.39, 0.29) is 0 Å². The molecule has 20 heavy (non-hydrogen) atoms. The summed E-state index contributed by atoms with van der Waals surface area (Å²) in [7, 11) is 0. The maximum absolute atomic E-state index is 5.86. The van der Waals surface area contributed by atoms with Crippen molar-refractivity contribution in [2.75, 3.05) is 19.8 Å². The molecule has 0 aromatic carbocycles. The van der Waals surface area contributed by atoms with Crippen LogP contribution in [0.5, 0.6) is 11.8 Å². The first-order chi connectivity index (χ1) is 9.72. The molecule has 2 N–H and O–H groups in total. The minimum Gasteiger partial charge on any atom is -0.478 e. The van der Waals surface area contributed by atoms with Crippen LogP contribution >= 0.6 is 0 Å². The van der Waals surface area contributed by atoms with E-state index in [9.17, 15) is 0 Å². The monoisotopic (exact) mass is 279 g/mol. The first-order valence-corrected chi connectivity index (χ1v) is 7.54. The Bertz CT molecular complexity index is 426. The molecule has 0 spiro atoms. The van der Waals surface area contributed by atoms with Crippen LogP contribution in [0.2, 0.25) is 0 Å². The van der Waals surface area contributed by atoms with Gasteiger partial charge in [-0.2, -0.15) is 9.97 Å². The molecule has 1 aliphatic rings. The van der Waals surface area contributed by atoms with Crippen LogP contribution in [-0.4, -0.2) is 29.7 Å². The van der Waals surface area contributed by atoms with Crippen LogP contribution in [0.4, 0.5) is 0 Å². The molecule has 1 aliphatic carbocycles. The highest BCUT2D eigenvalue weighted by molar-refractivity contribution is 5.20. The quantitative estimate of drug-likeness (QED) is 0.865. The lowest BCUT2D eigenvalue weighted by atomic mass is 9.80. The lowest BCUT2D eigenvalue weighted by molar-refractivity contribution is 0.148. The fourth-order valence-electron chi connectivity index (χ4n) is 2.82. The lowest BCUT2D eigenvalue weighted by Gasteiger charge is -2.30. The predicted molar refractivity (Wildman–Crippen MR) is 77.9 cm³/mol. The zero-order chi connectivity index (χ0) is 14.4. The van der Waals surface area contributed by atoms with Crippen molar-refractivity contribution in [2.24, 2.45) is 17.6 Å².